The highest BCUT2D eigenvalue weighted by Crippen LogP contribution is 2.13. The number of hydrogen-bond donors (Lipinski definition) is 0. The van der Waals surface area contributed by atoms with Crippen molar-refractivity contribution in [3.8, 4) is 0 Å². The number of aryl methyl sites for hydroxylation is 1. The Labute approximate surface area is 129 Å². The van der Waals surface area contributed by atoms with Crippen LogP contribution in [0, 0.1) is 6.92 Å². The third-order valence-corrected chi connectivity index (χ3v) is 3.71. The van der Waals surface area contributed by atoms with Gasteiger partial charge in [0.2, 0.25) is 0 Å². The molecule has 0 aromatic carbocycles. The first-order valence-corrected chi connectivity index (χ1v) is 7.45. The van der Waals surface area contributed by atoms with E-state index in [2.05, 4.69) is 25.2 Å². The Morgan fingerprint density at radius 3 is 3.09 bits per heavy atom. The van der Waals surface area contributed by atoms with E-state index in [-0.39, 0.29) is 6.10 Å². The van der Waals surface area contributed by atoms with E-state index in [1.165, 1.54) is 0 Å². The summed E-state index contributed by atoms with van der Waals surface area (Å²) in [5.41, 5.74) is 0.973. The van der Waals surface area contributed by atoms with Crippen LogP contribution >= 0.6 is 0 Å². The molecule has 0 saturated carbocycles. The van der Waals surface area contributed by atoms with Crippen molar-refractivity contribution in [3.63, 3.8) is 0 Å². The lowest BCUT2D eigenvalue weighted by molar-refractivity contribution is -0.0270. The van der Waals surface area contributed by atoms with Crippen molar-refractivity contribution in [2.75, 3.05) is 38.2 Å². The fourth-order valence-corrected chi connectivity index (χ4v) is 2.65. The lowest BCUT2D eigenvalue weighted by Gasteiger charge is -2.34. The number of aromatic nitrogens is 3. The number of rotatable bonds is 5. The molecule has 0 radical (unpaired) electrons. The first-order chi connectivity index (χ1) is 10.7. The summed E-state index contributed by atoms with van der Waals surface area (Å²) in [7, 11) is 2.01. The van der Waals surface area contributed by atoms with Gasteiger partial charge in [0.05, 0.1) is 18.4 Å². The molecule has 0 aliphatic carbocycles. The predicted molar refractivity (Wildman–Crippen MR) is 81.6 cm³/mol. The van der Waals surface area contributed by atoms with E-state index < -0.39 is 0 Å². The van der Waals surface area contributed by atoms with Gasteiger partial charge >= 0.3 is 0 Å². The van der Waals surface area contributed by atoms with Crippen molar-refractivity contribution in [1.82, 2.24) is 20.3 Å². The van der Waals surface area contributed by atoms with Crippen molar-refractivity contribution >= 4 is 5.82 Å². The first kappa shape index (κ1) is 14.9. The fourth-order valence-electron chi connectivity index (χ4n) is 2.65. The number of nitrogens with zero attached hydrogens (tertiary/aromatic N) is 5. The minimum Gasteiger partial charge on any atom is -0.374 e. The van der Waals surface area contributed by atoms with E-state index in [0.29, 0.717) is 0 Å². The van der Waals surface area contributed by atoms with E-state index in [4.69, 9.17) is 9.26 Å². The molecule has 0 amide bonds. The predicted octanol–water partition coefficient (Wildman–Crippen LogP) is 1.11. The van der Waals surface area contributed by atoms with Crippen molar-refractivity contribution in [2.24, 2.45) is 0 Å². The topological polar surface area (TPSA) is 67.5 Å². The monoisotopic (exact) mass is 303 g/mol. The van der Waals surface area contributed by atoms with Gasteiger partial charge in [-0.2, -0.15) is 5.10 Å². The average molecular weight is 303 g/mol. The molecule has 1 aliphatic heterocycles. The number of anilines is 1. The molecule has 118 valence electrons. The van der Waals surface area contributed by atoms with Gasteiger partial charge in [-0.1, -0.05) is 5.16 Å². The molecule has 0 spiro atoms. The molecule has 1 atom stereocenters. The van der Waals surface area contributed by atoms with Crippen molar-refractivity contribution in [3.05, 3.63) is 35.9 Å². The molecular weight excluding hydrogens is 282 g/mol. The molecule has 1 fully saturated rings. The van der Waals surface area contributed by atoms with Gasteiger partial charge in [-0.05, 0) is 19.1 Å². The summed E-state index contributed by atoms with van der Waals surface area (Å²) >= 11 is 0. The number of likely N-dealkylation sites (N-methyl/N-ethyl adjacent to an activating group) is 1. The number of ether oxygens (including phenoxy) is 1. The van der Waals surface area contributed by atoms with Crippen LogP contribution < -0.4 is 4.90 Å². The zero-order chi connectivity index (χ0) is 15.4. The minimum absolute atomic E-state index is 0.147. The van der Waals surface area contributed by atoms with E-state index in [1.807, 2.05) is 32.2 Å². The molecule has 0 bridgehead atoms. The highest BCUT2D eigenvalue weighted by atomic mass is 16.5. The maximum absolute atomic E-state index is 5.87. The third kappa shape index (κ3) is 3.80. The van der Waals surface area contributed by atoms with Gasteiger partial charge in [-0.15, -0.1) is 5.10 Å². The summed E-state index contributed by atoms with van der Waals surface area (Å²) in [6, 6.07) is 5.82. The second-order valence-corrected chi connectivity index (χ2v) is 5.62. The molecule has 7 heteroatoms. The number of morpholine rings is 1. The molecule has 3 rings (SSSR count). The van der Waals surface area contributed by atoms with Crippen LogP contribution in [0.25, 0.3) is 0 Å². The SMILES string of the molecule is Cc1cc(CN2CCO[C@H](CN(C)c3cccnn3)C2)no1. The van der Waals surface area contributed by atoms with E-state index in [9.17, 15) is 0 Å². The van der Waals surface area contributed by atoms with Crippen LogP contribution in [0.2, 0.25) is 0 Å². The van der Waals surface area contributed by atoms with Gasteiger partial charge in [0.15, 0.2) is 5.82 Å². The van der Waals surface area contributed by atoms with E-state index in [0.717, 1.165) is 50.1 Å². The Hall–Kier alpha value is -1.99. The van der Waals surface area contributed by atoms with E-state index in [1.54, 1.807) is 6.20 Å². The lowest BCUT2D eigenvalue weighted by atomic mass is 10.2. The molecule has 2 aromatic heterocycles. The Morgan fingerprint density at radius 1 is 1.45 bits per heavy atom. The molecule has 1 aliphatic rings. The molecule has 0 N–H and O–H groups in total. The standard InChI is InChI=1S/C15H21N5O2/c1-12-8-13(18-22-12)9-20-6-7-21-14(11-20)10-19(2)15-4-3-5-16-17-15/h3-5,8,14H,6-7,9-11H2,1-2H3/t14-/m1/s1. The van der Waals surface area contributed by atoms with Crippen LogP contribution in [0.3, 0.4) is 0 Å². The van der Waals surface area contributed by atoms with Crippen molar-refractivity contribution in [2.45, 2.75) is 19.6 Å². The highest BCUT2D eigenvalue weighted by molar-refractivity contribution is 5.35. The van der Waals surface area contributed by atoms with Gasteiger partial charge in [0.1, 0.15) is 5.76 Å². The first-order valence-electron chi connectivity index (χ1n) is 7.45. The summed E-state index contributed by atoms with van der Waals surface area (Å²) < 4.78 is 11.0. The Kier molecular flexibility index (Phi) is 4.65. The fraction of sp³-hybridized carbons (Fsp3) is 0.533. The highest BCUT2D eigenvalue weighted by Gasteiger charge is 2.23. The van der Waals surface area contributed by atoms with E-state index >= 15 is 0 Å². The summed E-state index contributed by atoms with van der Waals surface area (Å²) in [5, 5.41) is 12.1. The zero-order valence-corrected chi connectivity index (χ0v) is 13.0. The van der Waals surface area contributed by atoms with Crippen molar-refractivity contribution < 1.29 is 9.26 Å². The van der Waals surface area contributed by atoms with Crippen LogP contribution in [-0.2, 0) is 11.3 Å². The summed E-state index contributed by atoms with van der Waals surface area (Å²) in [6.07, 6.45) is 1.82. The molecule has 1 saturated heterocycles. The van der Waals surface area contributed by atoms with Gasteiger partial charge in [0.25, 0.3) is 0 Å². The average Bonchev–Trinajstić information content (AvgIpc) is 2.93. The van der Waals surface area contributed by atoms with Crippen LogP contribution in [0.1, 0.15) is 11.5 Å². The van der Waals surface area contributed by atoms with Crippen LogP contribution in [-0.4, -0.2) is 59.6 Å². The second-order valence-electron chi connectivity index (χ2n) is 5.62. The van der Waals surface area contributed by atoms with Gasteiger partial charge in [-0.3, -0.25) is 4.90 Å². The van der Waals surface area contributed by atoms with Gasteiger partial charge < -0.3 is 14.2 Å². The molecule has 3 heterocycles. The van der Waals surface area contributed by atoms with Crippen LogP contribution in [0.15, 0.2) is 28.9 Å². The maximum Gasteiger partial charge on any atom is 0.151 e. The normalized spacial score (nSPS) is 19.3. The van der Waals surface area contributed by atoms with Crippen molar-refractivity contribution in [1.29, 1.82) is 0 Å². The molecule has 0 unspecified atom stereocenters. The Bertz CT molecular complexity index is 589. The summed E-state index contributed by atoms with van der Waals surface area (Å²) in [4.78, 5) is 4.41. The molecule has 22 heavy (non-hydrogen) atoms. The number of hydrogen-bond acceptors (Lipinski definition) is 7. The molecule has 2 aromatic rings. The minimum atomic E-state index is 0.147. The Balaban J connectivity index is 1.54. The largest absolute Gasteiger partial charge is 0.374 e. The van der Waals surface area contributed by atoms with Crippen LogP contribution in [0.5, 0.6) is 0 Å². The smallest absolute Gasteiger partial charge is 0.151 e. The van der Waals surface area contributed by atoms with Crippen LogP contribution in [0.4, 0.5) is 5.82 Å². The molecular formula is C15H21N5O2. The zero-order valence-electron chi connectivity index (χ0n) is 13.0. The summed E-state index contributed by atoms with van der Waals surface area (Å²) in [6.45, 7) is 6.01. The second kappa shape index (κ2) is 6.85. The Morgan fingerprint density at radius 2 is 2.36 bits per heavy atom. The van der Waals surface area contributed by atoms with Gasteiger partial charge in [-0.25, -0.2) is 0 Å². The van der Waals surface area contributed by atoms with Gasteiger partial charge in [0, 0.05) is 45.5 Å². The molecule has 7 nitrogen and oxygen atoms in total. The lowest BCUT2D eigenvalue weighted by Crippen LogP contribution is -2.46. The maximum atomic E-state index is 5.87. The quantitative estimate of drug-likeness (QED) is 0.819. The third-order valence-electron chi connectivity index (χ3n) is 3.71. The summed E-state index contributed by atoms with van der Waals surface area (Å²) in [5.74, 6) is 1.71.